The summed E-state index contributed by atoms with van der Waals surface area (Å²) < 4.78 is 12.2. The summed E-state index contributed by atoms with van der Waals surface area (Å²) in [4.78, 5) is 0. The van der Waals surface area contributed by atoms with Gasteiger partial charge in [0.1, 0.15) is 6.61 Å². The van der Waals surface area contributed by atoms with E-state index in [4.69, 9.17) is 9.16 Å². The second-order valence-corrected chi connectivity index (χ2v) is 9.99. The minimum absolute atomic E-state index is 0.0845. The second kappa shape index (κ2) is 13.0. The number of ether oxygens (including phenoxy) is 1. The molecule has 2 aromatic carbocycles. The van der Waals surface area contributed by atoms with E-state index in [1.807, 2.05) is 24.3 Å². The summed E-state index contributed by atoms with van der Waals surface area (Å²) in [6.45, 7) is 8.17. The van der Waals surface area contributed by atoms with Gasteiger partial charge in [0.05, 0.1) is 6.10 Å². The standard InChI is InChI=1S/C26H32O2Si/c1-4-6-7-10-17-24(16-5-2)28-29(23-15-22-27-3,25-18-11-8-12-19-25)26-20-13-9-14-21-26/h4-5,8-9,11-14,18-21,24H,1-2,6-7,10,16-17,22H2,3H3. The van der Waals surface area contributed by atoms with Gasteiger partial charge in [-0.25, -0.2) is 0 Å². The van der Waals surface area contributed by atoms with Gasteiger partial charge in [-0.15, -0.1) is 13.2 Å². The molecule has 0 aliphatic heterocycles. The molecular weight excluding hydrogens is 372 g/mol. The highest BCUT2D eigenvalue weighted by Gasteiger charge is 2.40. The van der Waals surface area contributed by atoms with Crippen LogP contribution in [0.2, 0.25) is 0 Å². The van der Waals surface area contributed by atoms with Crippen molar-refractivity contribution in [1.29, 1.82) is 0 Å². The Balaban J connectivity index is 2.47. The van der Waals surface area contributed by atoms with E-state index in [0.29, 0.717) is 6.61 Å². The molecule has 0 N–H and O–H groups in total. The van der Waals surface area contributed by atoms with Gasteiger partial charge in [0.2, 0.25) is 0 Å². The third kappa shape index (κ3) is 6.87. The van der Waals surface area contributed by atoms with Crippen molar-refractivity contribution in [3.63, 3.8) is 0 Å². The molecule has 0 spiro atoms. The molecule has 2 aromatic rings. The average Bonchev–Trinajstić information content (AvgIpc) is 2.77. The molecule has 29 heavy (non-hydrogen) atoms. The Hall–Kier alpha value is -2.38. The fourth-order valence-electron chi connectivity index (χ4n) is 3.38. The molecule has 1 unspecified atom stereocenters. The van der Waals surface area contributed by atoms with Crippen LogP contribution in [0, 0.1) is 11.5 Å². The van der Waals surface area contributed by atoms with E-state index in [0.717, 1.165) is 42.5 Å². The number of unbranched alkanes of at least 4 members (excludes halogenated alkanes) is 2. The van der Waals surface area contributed by atoms with Gasteiger partial charge in [-0.3, -0.25) is 0 Å². The quantitative estimate of drug-likeness (QED) is 0.222. The molecule has 3 heteroatoms. The maximum Gasteiger partial charge on any atom is 0.337 e. The summed E-state index contributed by atoms with van der Waals surface area (Å²) in [7, 11) is -1.09. The molecule has 0 fully saturated rings. The van der Waals surface area contributed by atoms with Crippen molar-refractivity contribution >= 4 is 18.7 Å². The van der Waals surface area contributed by atoms with Gasteiger partial charge in [-0.1, -0.05) is 90.7 Å². The Bertz CT molecular complexity index is 750. The van der Waals surface area contributed by atoms with Crippen molar-refractivity contribution in [3.8, 4) is 11.5 Å². The molecule has 0 aliphatic rings. The monoisotopic (exact) mass is 404 g/mol. The van der Waals surface area contributed by atoms with Crippen LogP contribution in [0.25, 0.3) is 0 Å². The maximum absolute atomic E-state index is 6.99. The van der Waals surface area contributed by atoms with Gasteiger partial charge in [0, 0.05) is 7.11 Å². The van der Waals surface area contributed by atoms with Crippen LogP contribution in [0.3, 0.4) is 0 Å². The third-order valence-corrected chi connectivity index (χ3v) is 8.31. The first-order valence-electron chi connectivity index (χ1n) is 10.3. The fraction of sp³-hybridized carbons (Fsp3) is 0.308. The molecule has 2 rings (SSSR count). The Morgan fingerprint density at radius 1 is 0.931 bits per heavy atom. The van der Waals surface area contributed by atoms with Crippen LogP contribution in [0.1, 0.15) is 32.1 Å². The Morgan fingerprint density at radius 2 is 1.55 bits per heavy atom. The molecule has 152 valence electrons. The van der Waals surface area contributed by atoms with E-state index in [2.05, 4.69) is 73.2 Å². The first kappa shape index (κ1) is 22.9. The number of allylic oxidation sites excluding steroid dienone is 1. The van der Waals surface area contributed by atoms with Crippen LogP contribution in [0.4, 0.5) is 0 Å². The molecule has 0 saturated carbocycles. The molecule has 0 heterocycles. The van der Waals surface area contributed by atoms with Gasteiger partial charge in [-0.2, -0.15) is 0 Å². The number of benzene rings is 2. The van der Waals surface area contributed by atoms with Crippen LogP contribution in [-0.2, 0) is 9.16 Å². The van der Waals surface area contributed by atoms with Crippen molar-refractivity contribution < 1.29 is 9.16 Å². The average molecular weight is 405 g/mol. The zero-order chi connectivity index (χ0) is 20.8. The Labute approximate surface area is 177 Å². The molecule has 0 aliphatic carbocycles. The number of rotatable bonds is 12. The fourth-order valence-corrected chi connectivity index (χ4v) is 6.69. The molecule has 1 atom stereocenters. The molecule has 0 radical (unpaired) electrons. The van der Waals surface area contributed by atoms with Gasteiger partial charge in [-0.05, 0) is 36.1 Å². The van der Waals surface area contributed by atoms with Crippen molar-refractivity contribution in [3.05, 3.63) is 86.0 Å². The molecular formula is C26H32O2Si. The molecule has 0 bridgehead atoms. The van der Waals surface area contributed by atoms with Crippen molar-refractivity contribution in [2.45, 2.75) is 38.2 Å². The van der Waals surface area contributed by atoms with Crippen LogP contribution in [-0.4, -0.2) is 28.1 Å². The normalized spacial score (nSPS) is 11.9. The third-order valence-electron chi connectivity index (χ3n) is 4.80. The number of hydrogen-bond donors (Lipinski definition) is 0. The molecule has 0 aromatic heterocycles. The second-order valence-electron chi connectivity index (χ2n) is 6.99. The van der Waals surface area contributed by atoms with E-state index in [9.17, 15) is 0 Å². The lowest BCUT2D eigenvalue weighted by atomic mass is 10.1. The van der Waals surface area contributed by atoms with E-state index >= 15 is 0 Å². The summed E-state index contributed by atoms with van der Waals surface area (Å²) in [5.41, 5.74) is 3.55. The van der Waals surface area contributed by atoms with E-state index < -0.39 is 8.32 Å². The molecule has 0 saturated heterocycles. The lowest BCUT2D eigenvalue weighted by molar-refractivity contribution is 0.191. The number of methoxy groups -OCH3 is 1. The van der Waals surface area contributed by atoms with Gasteiger partial charge >= 0.3 is 8.32 Å². The van der Waals surface area contributed by atoms with Gasteiger partial charge < -0.3 is 9.16 Å². The van der Waals surface area contributed by atoms with Crippen molar-refractivity contribution in [2.75, 3.05) is 13.7 Å². The predicted octanol–water partition coefficient (Wildman–Crippen LogP) is 4.64. The van der Waals surface area contributed by atoms with Gasteiger partial charge in [0.25, 0.3) is 0 Å². The van der Waals surface area contributed by atoms with Crippen LogP contribution in [0.5, 0.6) is 0 Å². The van der Waals surface area contributed by atoms with Crippen LogP contribution in [0.15, 0.2) is 86.0 Å². The van der Waals surface area contributed by atoms with E-state index in [1.54, 1.807) is 7.11 Å². The first-order valence-corrected chi connectivity index (χ1v) is 12.2. The highest BCUT2D eigenvalue weighted by molar-refractivity contribution is 7.03. The van der Waals surface area contributed by atoms with E-state index in [-0.39, 0.29) is 6.10 Å². The summed E-state index contributed by atoms with van der Waals surface area (Å²) >= 11 is 0. The minimum atomic E-state index is -2.76. The lowest BCUT2D eigenvalue weighted by Crippen LogP contribution is -2.61. The van der Waals surface area contributed by atoms with E-state index in [1.165, 1.54) is 0 Å². The zero-order valence-corrected chi connectivity index (χ0v) is 18.5. The highest BCUT2D eigenvalue weighted by atomic mass is 28.4. The first-order chi connectivity index (χ1) is 14.3. The number of hydrogen-bond acceptors (Lipinski definition) is 2. The summed E-state index contributed by atoms with van der Waals surface area (Å²) in [5, 5.41) is 2.32. The van der Waals surface area contributed by atoms with Crippen molar-refractivity contribution in [2.24, 2.45) is 0 Å². The maximum atomic E-state index is 6.99. The molecule has 2 nitrogen and oxygen atoms in total. The summed E-state index contributed by atoms with van der Waals surface area (Å²) in [5.74, 6) is 3.22. The summed E-state index contributed by atoms with van der Waals surface area (Å²) in [6.07, 6.45) is 9.08. The predicted molar refractivity (Wildman–Crippen MR) is 126 cm³/mol. The lowest BCUT2D eigenvalue weighted by Gasteiger charge is -2.32. The largest absolute Gasteiger partial charge is 0.395 e. The topological polar surface area (TPSA) is 18.5 Å². The summed E-state index contributed by atoms with van der Waals surface area (Å²) in [6, 6.07) is 20.9. The van der Waals surface area contributed by atoms with Gasteiger partial charge in [0.15, 0.2) is 0 Å². The zero-order valence-electron chi connectivity index (χ0n) is 17.5. The Kier molecular flexibility index (Phi) is 10.2. The molecule has 0 amide bonds. The smallest absolute Gasteiger partial charge is 0.337 e. The Morgan fingerprint density at radius 3 is 2.07 bits per heavy atom. The van der Waals surface area contributed by atoms with Crippen LogP contribution < -0.4 is 10.4 Å². The van der Waals surface area contributed by atoms with Crippen molar-refractivity contribution in [1.82, 2.24) is 0 Å². The SMILES string of the molecule is C=CCCCCC(CC=C)O[Si](C#CCOC)(c1ccccc1)c1ccccc1. The highest BCUT2D eigenvalue weighted by Crippen LogP contribution is 2.18. The minimum Gasteiger partial charge on any atom is -0.395 e. The van der Waals surface area contributed by atoms with Crippen LogP contribution >= 0.6 is 0 Å².